The second-order valence-electron chi connectivity index (χ2n) is 9.41. The van der Waals surface area contributed by atoms with E-state index in [1.54, 1.807) is 5.38 Å². The molecule has 10 nitrogen and oxygen atoms in total. The van der Waals surface area contributed by atoms with Crippen LogP contribution in [0, 0.1) is 11.3 Å². The number of nitrogens with two attached hydrogens (primary N) is 1. The van der Waals surface area contributed by atoms with Crippen molar-refractivity contribution in [1.82, 2.24) is 10.2 Å². The number of thiophene rings is 1. The van der Waals surface area contributed by atoms with Crippen molar-refractivity contribution in [3.8, 4) is 0 Å². The van der Waals surface area contributed by atoms with Crippen molar-refractivity contribution in [2.24, 2.45) is 17.1 Å². The van der Waals surface area contributed by atoms with Gasteiger partial charge in [-0.3, -0.25) is 24.1 Å². The maximum Gasteiger partial charge on any atom is 0.327 e. The summed E-state index contributed by atoms with van der Waals surface area (Å²) in [4.78, 5) is 62.6. The average molecular weight is 465 g/mol. The summed E-state index contributed by atoms with van der Waals surface area (Å²) >= 11 is 1.10. The maximum absolute atomic E-state index is 13.1. The number of primary amides is 1. The monoisotopic (exact) mass is 464 g/mol. The SMILES string of the molecule is CC1CC(C)(C)CC2(C1)NC(=O)N(CC(=O)OC(C)C(=O)Nc1sccc1C(N)=O)C2=O. The third-order valence-electron chi connectivity index (χ3n) is 5.76. The Kier molecular flexibility index (Phi) is 6.32. The Morgan fingerprint density at radius 1 is 1.34 bits per heavy atom. The molecule has 32 heavy (non-hydrogen) atoms. The number of nitrogens with zero attached hydrogens (tertiary/aromatic N) is 1. The number of nitrogens with one attached hydrogen (secondary N) is 2. The van der Waals surface area contributed by atoms with Crippen molar-refractivity contribution in [1.29, 1.82) is 0 Å². The molecule has 2 aliphatic rings. The zero-order valence-electron chi connectivity index (χ0n) is 18.5. The first-order valence-corrected chi connectivity index (χ1v) is 11.2. The number of hydrogen-bond donors (Lipinski definition) is 3. The lowest BCUT2D eigenvalue weighted by Gasteiger charge is -2.43. The lowest BCUT2D eigenvalue weighted by Crippen LogP contribution is -2.54. The van der Waals surface area contributed by atoms with E-state index in [4.69, 9.17) is 10.5 Å². The molecule has 0 bridgehead atoms. The van der Waals surface area contributed by atoms with Gasteiger partial charge in [-0.1, -0.05) is 20.8 Å². The van der Waals surface area contributed by atoms with Gasteiger partial charge in [0.15, 0.2) is 6.10 Å². The van der Waals surface area contributed by atoms with Gasteiger partial charge in [-0.05, 0) is 49.0 Å². The van der Waals surface area contributed by atoms with Gasteiger partial charge in [0.1, 0.15) is 17.1 Å². The maximum atomic E-state index is 13.1. The molecule has 4 N–H and O–H groups in total. The minimum absolute atomic E-state index is 0.130. The molecule has 1 aromatic heterocycles. The van der Waals surface area contributed by atoms with Crippen LogP contribution in [0.5, 0.6) is 0 Å². The van der Waals surface area contributed by atoms with Crippen molar-refractivity contribution in [3.05, 3.63) is 17.0 Å². The Labute approximate surface area is 189 Å². The summed E-state index contributed by atoms with van der Waals surface area (Å²) in [5.41, 5.74) is 4.25. The highest BCUT2D eigenvalue weighted by Crippen LogP contribution is 2.46. The second kappa shape index (κ2) is 8.53. The highest BCUT2D eigenvalue weighted by atomic mass is 32.1. The van der Waals surface area contributed by atoms with Gasteiger partial charge in [0.05, 0.1) is 5.56 Å². The molecule has 3 unspecified atom stereocenters. The molecule has 3 rings (SSSR count). The van der Waals surface area contributed by atoms with E-state index in [0.29, 0.717) is 12.8 Å². The van der Waals surface area contributed by atoms with Gasteiger partial charge in [-0.2, -0.15) is 0 Å². The zero-order valence-corrected chi connectivity index (χ0v) is 19.3. The Bertz CT molecular complexity index is 973. The van der Waals surface area contributed by atoms with Crippen LogP contribution < -0.4 is 16.4 Å². The number of carbonyl (C=O) groups is 5. The fourth-order valence-corrected chi connectivity index (χ4v) is 5.68. The number of anilines is 1. The molecule has 3 atom stereocenters. The van der Waals surface area contributed by atoms with Crippen molar-refractivity contribution in [2.45, 2.75) is 58.6 Å². The van der Waals surface area contributed by atoms with Crippen LogP contribution in [0.4, 0.5) is 9.80 Å². The molecule has 1 aliphatic heterocycles. The largest absolute Gasteiger partial charge is 0.451 e. The van der Waals surface area contributed by atoms with Crippen LogP contribution in [0.15, 0.2) is 11.4 Å². The molecule has 0 radical (unpaired) electrons. The van der Waals surface area contributed by atoms with E-state index in [1.807, 2.05) is 6.92 Å². The quantitative estimate of drug-likeness (QED) is 0.432. The fraction of sp³-hybridized carbons (Fsp3) is 0.571. The van der Waals surface area contributed by atoms with Crippen LogP contribution in [0.25, 0.3) is 0 Å². The summed E-state index contributed by atoms with van der Waals surface area (Å²) in [6.07, 6.45) is 0.721. The summed E-state index contributed by atoms with van der Waals surface area (Å²) in [6, 6.07) is 0.832. The van der Waals surface area contributed by atoms with Gasteiger partial charge >= 0.3 is 12.0 Å². The number of esters is 1. The predicted octanol–water partition coefficient (Wildman–Crippen LogP) is 1.85. The molecule has 0 aromatic carbocycles. The predicted molar refractivity (Wildman–Crippen MR) is 117 cm³/mol. The highest BCUT2D eigenvalue weighted by Gasteiger charge is 2.56. The third kappa shape index (κ3) is 4.77. The van der Waals surface area contributed by atoms with Crippen molar-refractivity contribution in [3.63, 3.8) is 0 Å². The number of imide groups is 1. The molecule has 5 amide bonds. The smallest absolute Gasteiger partial charge is 0.327 e. The average Bonchev–Trinajstić information content (AvgIpc) is 3.18. The normalized spacial score (nSPS) is 25.4. The molecule has 1 saturated heterocycles. The molecular weight excluding hydrogens is 436 g/mol. The van der Waals surface area contributed by atoms with Crippen LogP contribution in [0.3, 0.4) is 0 Å². The van der Waals surface area contributed by atoms with Crippen LogP contribution in [0.2, 0.25) is 0 Å². The zero-order chi connectivity index (χ0) is 23.8. The standard InChI is InChI=1S/C21H28N4O6S/c1-11-7-20(3,4)10-21(8-11)18(29)25(19(30)24-21)9-14(26)31-12(2)16(28)23-17-13(15(22)27)5-6-32-17/h5-6,11-12H,7-10H2,1-4H3,(H2,22,27)(H,23,28)(H,24,30). The highest BCUT2D eigenvalue weighted by molar-refractivity contribution is 7.14. The van der Waals surface area contributed by atoms with Gasteiger partial charge in [-0.25, -0.2) is 4.79 Å². The molecule has 11 heteroatoms. The fourth-order valence-electron chi connectivity index (χ4n) is 4.88. The first-order valence-electron chi connectivity index (χ1n) is 10.4. The first kappa shape index (κ1) is 23.7. The summed E-state index contributed by atoms with van der Waals surface area (Å²) < 4.78 is 5.12. The van der Waals surface area contributed by atoms with E-state index in [1.165, 1.54) is 13.0 Å². The lowest BCUT2D eigenvalue weighted by atomic mass is 9.64. The Hall–Kier alpha value is -2.95. The van der Waals surface area contributed by atoms with Gasteiger partial charge in [0.2, 0.25) is 0 Å². The summed E-state index contributed by atoms with van der Waals surface area (Å²) in [6.45, 7) is 6.90. The second-order valence-corrected chi connectivity index (χ2v) is 10.3. The topological polar surface area (TPSA) is 148 Å². The van der Waals surface area contributed by atoms with Crippen LogP contribution >= 0.6 is 11.3 Å². The molecule has 2 heterocycles. The van der Waals surface area contributed by atoms with Gasteiger partial charge in [-0.15, -0.1) is 11.3 Å². The first-order chi connectivity index (χ1) is 14.8. The number of ether oxygens (including phenoxy) is 1. The minimum atomic E-state index is -1.21. The minimum Gasteiger partial charge on any atom is -0.451 e. The van der Waals surface area contributed by atoms with Crippen LogP contribution in [0.1, 0.15) is 57.3 Å². The summed E-state index contributed by atoms with van der Waals surface area (Å²) in [7, 11) is 0. The Morgan fingerprint density at radius 2 is 2.03 bits per heavy atom. The van der Waals surface area contributed by atoms with Crippen molar-refractivity contribution in [2.75, 3.05) is 11.9 Å². The van der Waals surface area contributed by atoms with Crippen molar-refractivity contribution >= 4 is 46.1 Å². The molecule has 1 aliphatic carbocycles. The number of hydrogen-bond acceptors (Lipinski definition) is 7. The van der Waals surface area contributed by atoms with Gasteiger partial charge in [0.25, 0.3) is 17.7 Å². The number of carbonyl (C=O) groups excluding carboxylic acids is 5. The van der Waals surface area contributed by atoms with E-state index >= 15 is 0 Å². The lowest BCUT2D eigenvalue weighted by molar-refractivity contribution is -0.155. The van der Waals surface area contributed by atoms with Crippen molar-refractivity contribution < 1.29 is 28.7 Å². The van der Waals surface area contributed by atoms with Crippen LogP contribution in [-0.2, 0) is 19.1 Å². The van der Waals surface area contributed by atoms with Gasteiger partial charge in [0, 0.05) is 0 Å². The number of urea groups is 1. The van der Waals surface area contributed by atoms with Crippen LogP contribution in [-0.4, -0.2) is 52.8 Å². The van der Waals surface area contributed by atoms with E-state index in [2.05, 4.69) is 24.5 Å². The molecule has 1 saturated carbocycles. The summed E-state index contributed by atoms with van der Waals surface area (Å²) in [5, 5.41) is 7.12. The summed E-state index contributed by atoms with van der Waals surface area (Å²) in [5.74, 6) is -2.46. The molecule has 1 spiro atoms. The van der Waals surface area contributed by atoms with E-state index in [-0.39, 0.29) is 21.9 Å². The number of amides is 5. The molecule has 2 fully saturated rings. The van der Waals surface area contributed by atoms with E-state index < -0.39 is 47.9 Å². The molecule has 174 valence electrons. The molecule has 1 aromatic rings. The van der Waals surface area contributed by atoms with E-state index in [9.17, 15) is 24.0 Å². The Morgan fingerprint density at radius 3 is 2.66 bits per heavy atom. The Balaban J connectivity index is 1.61. The van der Waals surface area contributed by atoms with Gasteiger partial charge < -0.3 is 21.1 Å². The third-order valence-corrected chi connectivity index (χ3v) is 6.59. The van der Waals surface area contributed by atoms with E-state index in [0.717, 1.165) is 22.7 Å². The number of rotatable bonds is 6. The molecular formula is C21H28N4O6S.